The number of pyridine rings is 1. The minimum atomic E-state index is -0.367. The molecular weight excluding hydrogens is 660 g/mol. The maximum Gasteiger partial charge on any atom is 0.0623 e. The minimum absolute atomic E-state index is 0. The summed E-state index contributed by atoms with van der Waals surface area (Å²) in [7, 11) is 0. The van der Waals surface area contributed by atoms with Gasteiger partial charge in [-0.2, -0.15) is 0 Å². The Balaban J connectivity index is 0.000000165. The van der Waals surface area contributed by atoms with Crippen LogP contribution in [0.25, 0.3) is 26.9 Å². The van der Waals surface area contributed by atoms with Crippen molar-refractivity contribution in [2.24, 2.45) is 17.8 Å². The average Bonchev–Trinajstić information content (AvgIpc) is 3.07. The standard InChI is InChI=1S/3C9H15NO.C9H7NO.ClH.Ge/c4*11-8-5-1-3-7-4-2-6-10-9(7)8;;/h3*7-9H,1-6H2;1-6,11H;1H;/q3*-2;;;/p-1. The number of hydrogen-bond acceptors (Lipinski definition) is 5. The molecule has 3 saturated heterocycles. The largest absolute Gasteiger partial charge is 0.871 e. The summed E-state index contributed by atoms with van der Waals surface area (Å²) >= 11 is 0. The fourth-order valence-electron chi connectivity index (χ4n) is 8.28. The van der Waals surface area contributed by atoms with Crippen molar-refractivity contribution in [3.63, 3.8) is 0 Å². The van der Waals surface area contributed by atoms with Gasteiger partial charge in [0.05, 0.1) is 5.52 Å². The zero-order valence-electron chi connectivity index (χ0n) is 27.2. The van der Waals surface area contributed by atoms with E-state index in [1.165, 1.54) is 63.9 Å². The number of aromatic nitrogens is 1. The van der Waals surface area contributed by atoms with Crippen molar-refractivity contribution in [3.8, 4) is 5.75 Å². The van der Waals surface area contributed by atoms with E-state index in [-0.39, 0.29) is 72.2 Å². The van der Waals surface area contributed by atoms with E-state index in [4.69, 9.17) is 0 Å². The molecule has 9 unspecified atom stereocenters. The Bertz CT molecular complexity index is 1050. The van der Waals surface area contributed by atoms with Crippen LogP contribution in [-0.4, -0.2) is 78.7 Å². The first kappa shape index (κ1) is 39.5. The van der Waals surface area contributed by atoms with Gasteiger partial charge < -0.3 is 36.4 Å². The zero-order chi connectivity index (χ0) is 30.7. The van der Waals surface area contributed by atoms with Crippen molar-refractivity contribution in [1.82, 2.24) is 4.98 Å². The first-order valence-electron chi connectivity index (χ1n) is 17.5. The topological polar surface area (TPSA) is 147 Å². The quantitative estimate of drug-likeness (QED) is 0.369. The Morgan fingerprint density at radius 2 is 0.935 bits per heavy atom. The van der Waals surface area contributed by atoms with Crippen molar-refractivity contribution in [2.75, 3.05) is 19.6 Å². The number of piperidine rings is 3. The van der Waals surface area contributed by atoms with Crippen molar-refractivity contribution in [2.45, 2.75) is 133 Å². The van der Waals surface area contributed by atoms with Gasteiger partial charge in [-0.3, -0.25) is 4.98 Å². The molecule has 6 aliphatic rings. The molecule has 0 bridgehead atoms. The van der Waals surface area contributed by atoms with Crippen LogP contribution in [0, 0.1) is 17.8 Å². The van der Waals surface area contributed by atoms with E-state index >= 15 is 0 Å². The molecule has 1 aromatic heterocycles. The summed E-state index contributed by atoms with van der Waals surface area (Å²) in [6, 6.07) is 9.42. The molecule has 4 radical (unpaired) electrons. The van der Waals surface area contributed by atoms with Gasteiger partial charge in [-0.15, -0.1) is 68.5 Å². The van der Waals surface area contributed by atoms with Gasteiger partial charge >= 0.3 is 0 Å². The van der Waals surface area contributed by atoms with Gasteiger partial charge in [0.1, 0.15) is 0 Å². The third-order valence-corrected chi connectivity index (χ3v) is 10.6. The Morgan fingerprint density at radius 1 is 0.543 bits per heavy atom. The first-order valence-corrected chi connectivity index (χ1v) is 17.5. The van der Waals surface area contributed by atoms with E-state index in [9.17, 15) is 20.4 Å². The summed E-state index contributed by atoms with van der Waals surface area (Å²) in [4.78, 5) is 3.97. The second-order valence-corrected chi connectivity index (χ2v) is 13.6. The number of hydrogen-bond donors (Lipinski definition) is 0. The minimum Gasteiger partial charge on any atom is -0.871 e. The smallest absolute Gasteiger partial charge is 0.0623 e. The molecule has 3 aliphatic carbocycles. The van der Waals surface area contributed by atoms with Crippen LogP contribution in [0.5, 0.6) is 5.75 Å². The molecule has 6 fully saturated rings. The van der Waals surface area contributed by atoms with Crippen molar-refractivity contribution >= 4 is 40.9 Å². The molecular formula is C36H52ClGeN4O4-7. The van der Waals surface area contributed by atoms with Gasteiger partial charge in [0.2, 0.25) is 0 Å². The molecule has 2 aromatic rings. The summed E-state index contributed by atoms with van der Waals surface area (Å²) < 4.78 is 0. The van der Waals surface area contributed by atoms with Gasteiger partial charge in [-0.05, 0) is 11.5 Å². The Labute approximate surface area is 293 Å². The third-order valence-electron chi connectivity index (χ3n) is 10.6. The van der Waals surface area contributed by atoms with Crippen LogP contribution in [0.2, 0.25) is 0 Å². The molecule has 10 heteroatoms. The summed E-state index contributed by atoms with van der Waals surface area (Å²) in [5.41, 5.74) is 0.551. The number of nitrogens with zero attached hydrogens (tertiary/aromatic N) is 4. The predicted molar refractivity (Wildman–Crippen MR) is 181 cm³/mol. The van der Waals surface area contributed by atoms with Crippen LogP contribution in [0.4, 0.5) is 0 Å². The number of rotatable bonds is 0. The first-order chi connectivity index (χ1) is 21.5. The number of para-hydroxylation sites is 1. The third kappa shape index (κ3) is 11.0. The van der Waals surface area contributed by atoms with E-state index in [0.29, 0.717) is 23.3 Å². The molecule has 4 heterocycles. The molecule has 0 amide bonds. The Hall–Kier alpha value is -0.977. The number of halogens is 1. The van der Waals surface area contributed by atoms with Gasteiger partial charge in [0.15, 0.2) is 0 Å². The van der Waals surface area contributed by atoms with Gasteiger partial charge in [-0.1, -0.05) is 144 Å². The van der Waals surface area contributed by atoms with Crippen LogP contribution in [0.3, 0.4) is 0 Å². The van der Waals surface area contributed by atoms with Crippen molar-refractivity contribution < 1.29 is 20.4 Å². The molecule has 3 aliphatic heterocycles. The Morgan fingerprint density at radius 3 is 1.33 bits per heavy atom. The fourth-order valence-corrected chi connectivity index (χ4v) is 8.28. The Kier molecular flexibility index (Phi) is 17.6. The maximum atomic E-state index is 11.4. The molecule has 46 heavy (non-hydrogen) atoms. The van der Waals surface area contributed by atoms with Crippen LogP contribution in [0.1, 0.15) is 96.3 Å². The van der Waals surface area contributed by atoms with E-state index in [1.807, 2.05) is 18.2 Å². The molecule has 1 aromatic carbocycles. The summed E-state index contributed by atoms with van der Waals surface area (Å²) in [6.07, 6.45) is 17.7. The summed E-state index contributed by atoms with van der Waals surface area (Å²) in [5, 5.41) is 59.5. The van der Waals surface area contributed by atoms with E-state index < -0.39 is 0 Å². The zero-order valence-corrected chi connectivity index (χ0v) is 30.1. The van der Waals surface area contributed by atoms with Gasteiger partial charge in [0, 0.05) is 23.8 Å². The van der Waals surface area contributed by atoms with Crippen molar-refractivity contribution in [3.05, 3.63) is 52.5 Å². The molecule has 8 nitrogen and oxygen atoms in total. The average molecular weight is 713 g/mol. The summed E-state index contributed by atoms with van der Waals surface area (Å²) in [5.74, 6) is 1.95. The fraction of sp³-hybridized carbons (Fsp3) is 0.750. The monoisotopic (exact) mass is 713 g/mol. The second kappa shape index (κ2) is 20.5. The van der Waals surface area contributed by atoms with Gasteiger partial charge in [0.25, 0.3) is 0 Å². The molecule has 0 spiro atoms. The normalized spacial score (nSPS) is 34.7. The van der Waals surface area contributed by atoms with Crippen LogP contribution in [0.15, 0.2) is 36.5 Å². The van der Waals surface area contributed by atoms with E-state index in [1.54, 1.807) is 12.3 Å². The number of benzene rings is 1. The van der Waals surface area contributed by atoms with Crippen molar-refractivity contribution in [1.29, 1.82) is 0 Å². The molecule has 9 atom stereocenters. The van der Waals surface area contributed by atoms with Crippen LogP contribution >= 0.6 is 12.4 Å². The molecule has 3 saturated carbocycles. The molecule has 0 N–H and O–H groups in total. The SMILES string of the molecule is Cl.[Ge].[O-]C1CCCC2CCC[N-]C12.[O-]C1CCCC2CCC[N-]C12.[O-]C1CCCC2CCC[N-]C12.[O-]c1cccc2cccnc12. The van der Waals surface area contributed by atoms with Crippen LogP contribution < -0.4 is 20.4 Å². The summed E-state index contributed by atoms with van der Waals surface area (Å²) in [6.45, 7) is 2.83. The van der Waals surface area contributed by atoms with E-state index in [0.717, 1.165) is 63.5 Å². The van der Waals surface area contributed by atoms with Gasteiger partial charge in [-0.25, -0.2) is 0 Å². The molecule has 8 rings (SSSR count). The number of fused-ring (bicyclic) bond motifs is 4. The predicted octanol–water partition coefficient (Wildman–Crippen LogP) is 4.50. The molecule has 258 valence electrons. The van der Waals surface area contributed by atoms with E-state index in [2.05, 4.69) is 20.9 Å². The maximum absolute atomic E-state index is 11.4. The van der Waals surface area contributed by atoms with Crippen LogP contribution in [-0.2, 0) is 0 Å². The second-order valence-electron chi connectivity index (χ2n) is 13.6.